The molecule has 0 unspecified atom stereocenters. The quantitative estimate of drug-likeness (QED) is 0.576. The standard InChI is InChI=1S/C18H15F3N6O/c1-27-9-10(11-4-2-3-5-14(11)27)6-7-13-12(8-23-17(22)24-13)15-25-16(28-26-15)18(19,20)21/h2-5,8-9H,6-7H2,1H3,(H2,22,23,24). The Morgan fingerprint density at radius 3 is 2.68 bits per heavy atom. The lowest BCUT2D eigenvalue weighted by Gasteiger charge is -2.06. The zero-order valence-electron chi connectivity index (χ0n) is 14.7. The van der Waals surface area contributed by atoms with E-state index in [4.69, 9.17) is 5.73 Å². The van der Waals surface area contributed by atoms with Gasteiger partial charge in [-0.25, -0.2) is 9.97 Å². The number of hydrogen-bond donors (Lipinski definition) is 1. The number of para-hydroxylation sites is 1. The van der Waals surface area contributed by atoms with Crippen LogP contribution in [-0.4, -0.2) is 24.7 Å². The molecule has 0 atom stereocenters. The van der Waals surface area contributed by atoms with Crippen LogP contribution in [0.15, 0.2) is 41.2 Å². The van der Waals surface area contributed by atoms with Gasteiger partial charge in [0, 0.05) is 30.3 Å². The molecule has 10 heteroatoms. The number of hydrogen-bond acceptors (Lipinski definition) is 6. The van der Waals surface area contributed by atoms with Gasteiger partial charge in [-0.05, 0) is 24.5 Å². The fraction of sp³-hybridized carbons (Fsp3) is 0.222. The van der Waals surface area contributed by atoms with E-state index in [0.29, 0.717) is 18.5 Å². The van der Waals surface area contributed by atoms with Gasteiger partial charge in [0.15, 0.2) is 0 Å². The van der Waals surface area contributed by atoms with Crippen molar-refractivity contribution < 1.29 is 17.7 Å². The summed E-state index contributed by atoms with van der Waals surface area (Å²) in [5, 5.41) is 4.53. The van der Waals surface area contributed by atoms with Crippen molar-refractivity contribution in [3.63, 3.8) is 0 Å². The van der Waals surface area contributed by atoms with Gasteiger partial charge in [0.25, 0.3) is 0 Å². The predicted molar refractivity (Wildman–Crippen MR) is 95.1 cm³/mol. The molecule has 0 amide bonds. The summed E-state index contributed by atoms with van der Waals surface area (Å²) in [4.78, 5) is 11.5. The monoisotopic (exact) mass is 388 g/mol. The van der Waals surface area contributed by atoms with E-state index < -0.39 is 12.1 Å². The zero-order valence-corrected chi connectivity index (χ0v) is 14.7. The average Bonchev–Trinajstić information content (AvgIpc) is 3.26. The number of nitrogen functional groups attached to an aromatic ring is 1. The molecule has 0 fully saturated rings. The van der Waals surface area contributed by atoms with E-state index in [0.717, 1.165) is 16.5 Å². The summed E-state index contributed by atoms with van der Waals surface area (Å²) in [6.07, 6.45) is -0.361. The zero-order chi connectivity index (χ0) is 19.9. The average molecular weight is 388 g/mol. The van der Waals surface area contributed by atoms with Crippen molar-refractivity contribution in [3.8, 4) is 11.4 Å². The summed E-state index contributed by atoms with van der Waals surface area (Å²) in [5.41, 5.74) is 8.56. The molecule has 0 aliphatic carbocycles. The molecule has 0 radical (unpaired) electrons. The number of halogens is 3. The molecule has 0 saturated carbocycles. The van der Waals surface area contributed by atoms with E-state index in [9.17, 15) is 13.2 Å². The van der Waals surface area contributed by atoms with Crippen molar-refractivity contribution in [2.24, 2.45) is 7.05 Å². The second-order valence-corrected chi connectivity index (χ2v) is 6.29. The van der Waals surface area contributed by atoms with Gasteiger partial charge in [-0.1, -0.05) is 23.4 Å². The van der Waals surface area contributed by atoms with Crippen LogP contribution in [0.5, 0.6) is 0 Å². The number of rotatable bonds is 4. The molecule has 3 heterocycles. The van der Waals surface area contributed by atoms with Crippen molar-refractivity contribution in [2.75, 3.05) is 5.73 Å². The van der Waals surface area contributed by atoms with E-state index in [-0.39, 0.29) is 17.3 Å². The lowest BCUT2D eigenvalue weighted by atomic mass is 10.0. The first-order valence-electron chi connectivity index (χ1n) is 8.38. The molecule has 7 nitrogen and oxygen atoms in total. The van der Waals surface area contributed by atoms with Gasteiger partial charge in [0.05, 0.1) is 11.3 Å². The van der Waals surface area contributed by atoms with Gasteiger partial charge >= 0.3 is 12.1 Å². The normalized spacial score (nSPS) is 12.0. The van der Waals surface area contributed by atoms with Crippen LogP contribution in [-0.2, 0) is 26.1 Å². The molecule has 0 aliphatic heterocycles. The van der Waals surface area contributed by atoms with E-state index in [1.165, 1.54) is 6.20 Å². The van der Waals surface area contributed by atoms with Gasteiger partial charge in [-0.2, -0.15) is 18.2 Å². The Hall–Kier alpha value is -3.43. The molecule has 0 saturated heterocycles. The summed E-state index contributed by atoms with van der Waals surface area (Å²) in [6.45, 7) is 0. The molecular weight excluding hydrogens is 373 g/mol. The Labute approximate surface area is 157 Å². The van der Waals surface area contributed by atoms with Crippen LogP contribution in [0.4, 0.5) is 19.1 Å². The first-order chi connectivity index (χ1) is 13.3. The van der Waals surface area contributed by atoms with Gasteiger partial charge in [0.2, 0.25) is 11.8 Å². The minimum Gasteiger partial charge on any atom is -0.368 e. The number of nitrogens with zero attached hydrogens (tertiary/aromatic N) is 5. The van der Waals surface area contributed by atoms with Crippen LogP contribution in [0, 0.1) is 0 Å². The highest BCUT2D eigenvalue weighted by molar-refractivity contribution is 5.83. The molecule has 2 N–H and O–H groups in total. The van der Waals surface area contributed by atoms with Gasteiger partial charge < -0.3 is 14.8 Å². The topological polar surface area (TPSA) is 95.7 Å². The molecule has 3 aromatic heterocycles. The van der Waals surface area contributed by atoms with Crippen molar-refractivity contribution in [2.45, 2.75) is 19.0 Å². The fourth-order valence-corrected chi connectivity index (χ4v) is 3.14. The van der Waals surface area contributed by atoms with Gasteiger partial charge in [0.1, 0.15) is 0 Å². The maximum Gasteiger partial charge on any atom is 0.471 e. The largest absolute Gasteiger partial charge is 0.471 e. The molecular formula is C18H15F3N6O. The van der Waals surface area contributed by atoms with Crippen molar-refractivity contribution in [3.05, 3.63) is 53.8 Å². The van der Waals surface area contributed by atoms with E-state index in [1.807, 2.05) is 42.1 Å². The Morgan fingerprint density at radius 1 is 1.14 bits per heavy atom. The molecule has 0 bridgehead atoms. The summed E-state index contributed by atoms with van der Waals surface area (Å²) < 4.78 is 44.6. The van der Waals surface area contributed by atoms with E-state index >= 15 is 0 Å². The van der Waals surface area contributed by atoms with Crippen LogP contribution < -0.4 is 5.73 Å². The Morgan fingerprint density at radius 2 is 1.93 bits per heavy atom. The molecule has 1 aromatic carbocycles. The highest BCUT2D eigenvalue weighted by Gasteiger charge is 2.38. The third-order valence-corrected chi connectivity index (χ3v) is 4.41. The summed E-state index contributed by atoms with van der Waals surface area (Å²) in [7, 11) is 1.96. The summed E-state index contributed by atoms with van der Waals surface area (Å²) in [6, 6.07) is 7.96. The van der Waals surface area contributed by atoms with Crippen molar-refractivity contribution in [1.82, 2.24) is 24.7 Å². The number of anilines is 1. The molecule has 144 valence electrons. The van der Waals surface area contributed by atoms with Crippen LogP contribution in [0.25, 0.3) is 22.3 Å². The maximum absolute atomic E-state index is 12.8. The minimum atomic E-state index is -4.72. The number of aromatic nitrogens is 5. The molecule has 0 aliphatic rings. The van der Waals surface area contributed by atoms with Gasteiger partial charge in [-0.15, -0.1) is 0 Å². The van der Waals surface area contributed by atoms with E-state index in [1.54, 1.807) is 0 Å². The molecule has 0 spiro atoms. The summed E-state index contributed by atoms with van der Waals surface area (Å²) >= 11 is 0. The summed E-state index contributed by atoms with van der Waals surface area (Å²) in [5.74, 6) is -1.62. The second-order valence-electron chi connectivity index (χ2n) is 6.29. The number of aryl methyl sites for hydroxylation is 3. The lowest BCUT2D eigenvalue weighted by Crippen LogP contribution is -2.06. The molecule has 28 heavy (non-hydrogen) atoms. The highest BCUT2D eigenvalue weighted by Crippen LogP contribution is 2.30. The Balaban J connectivity index is 1.66. The maximum atomic E-state index is 12.8. The number of nitrogens with two attached hydrogens (primary N) is 1. The van der Waals surface area contributed by atoms with E-state index in [2.05, 4.69) is 24.6 Å². The Bertz CT molecular complexity index is 1150. The van der Waals surface area contributed by atoms with Crippen molar-refractivity contribution in [1.29, 1.82) is 0 Å². The first kappa shape index (κ1) is 18.0. The third kappa shape index (κ3) is 3.28. The Kier molecular flexibility index (Phi) is 4.25. The molecule has 4 rings (SSSR count). The van der Waals surface area contributed by atoms with Crippen LogP contribution in [0.1, 0.15) is 17.1 Å². The van der Waals surface area contributed by atoms with Crippen LogP contribution >= 0.6 is 0 Å². The van der Waals surface area contributed by atoms with Crippen LogP contribution in [0.2, 0.25) is 0 Å². The minimum absolute atomic E-state index is 0.0243. The fourth-order valence-electron chi connectivity index (χ4n) is 3.14. The number of benzene rings is 1. The highest BCUT2D eigenvalue weighted by atomic mass is 19.4. The lowest BCUT2D eigenvalue weighted by molar-refractivity contribution is -0.159. The number of alkyl halides is 3. The second kappa shape index (κ2) is 6.63. The number of fused-ring (bicyclic) bond motifs is 1. The van der Waals surface area contributed by atoms with Gasteiger partial charge in [-0.3, -0.25) is 0 Å². The van der Waals surface area contributed by atoms with Crippen molar-refractivity contribution >= 4 is 16.9 Å². The third-order valence-electron chi connectivity index (χ3n) is 4.41. The van der Waals surface area contributed by atoms with Crippen LogP contribution in [0.3, 0.4) is 0 Å². The first-order valence-corrected chi connectivity index (χ1v) is 8.38. The smallest absolute Gasteiger partial charge is 0.368 e. The molecule has 4 aromatic rings. The SMILES string of the molecule is Cn1cc(CCc2nc(N)ncc2-c2noc(C(F)(F)F)n2)c2ccccc21. The predicted octanol–water partition coefficient (Wildman–Crippen LogP) is 3.40.